The first kappa shape index (κ1) is 16.3. The number of aryl methyl sites for hydroxylation is 2. The van der Waals surface area contributed by atoms with Gasteiger partial charge in [0, 0.05) is 17.9 Å². The number of hydrogen-bond acceptors (Lipinski definition) is 4. The van der Waals surface area contributed by atoms with E-state index >= 15 is 0 Å². The summed E-state index contributed by atoms with van der Waals surface area (Å²) in [6.45, 7) is 9.57. The lowest BCUT2D eigenvalue weighted by Gasteiger charge is -2.30. The lowest BCUT2D eigenvalue weighted by Crippen LogP contribution is -2.37. The molecule has 0 bridgehead atoms. The van der Waals surface area contributed by atoms with Crippen molar-refractivity contribution in [3.05, 3.63) is 11.4 Å². The summed E-state index contributed by atoms with van der Waals surface area (Å²) in [6, 6.07) is 0.483. The number of aromatic nitrogens is 3. The van der Waals surface area contributed by atoms with Crippen molar-refractivity contribution in [1.29, 1.82) is 0 Å². The van der Waals surface area contributed by atoms with Gasteiger partial charge in [-0.05, 0) is 25.7 Å². The lowest BCUT2D eigenvalue weighted by molar-refractivity contribution is 0.552. The maximum absolute atomic E-state index is 4.73. The fourth-order valence-corrected chi connectivity index (χ4v) is 2.70. The van der Waals surface area contributed by atoms with Crippen LogP contribution in [0.1, 0.15) is 51.9 Å². The third kappa shape index (κ3) is 4.13. The van der Waals surface area contributed by atoms with Crippen molar-refractivity contribution in [2.75, 3.05) is 16.8 Å². The molecule has 1 heterocycles. The maximum atomic E-state index is 4.73. The second-order valence-corrected chi connectivity index (χ2v) is 5.36. The van der Waals surface area contributed by atoms with Gasteiger partial charge in [0.25, 0.3) is 0 Å². The molecule has 0 atom stereocenters. The van der Waals surface area contributed by atoms with Gasteiger partial charge in [-0.2, -0.15) is 5.10 Å². The molecular formula is C14H25BrN4. The summed E-state index contributed by atoms with van der Waals surface area (Å²) in [5.74, 6) is 0.780. The molecule has 0 N–H and O–H groups in total. The van der Waals surface area contributed by atoms with Gasteiger partial charge in [-0.3, -0.25) is 0 Å². The Morgan fingerprint density at radius 2 is 1.63 bits per heavy atom. The van der Waals surface area contributed by atoms with Crippen LogP contribution in [0.4, 0.5) is 5.95 Å². The predicted molar refractivity (Wildman–Crippen MR) is 84.1 cm³/mol. The zero-order valence-corrected chi connectivity index (χ0v) is 14.1. The Balaban J connectivity index is 3.08. The Bertz CT molecular complexity index is 380. The van der Waals surface area contributed by atoms with Crippen molar-refractivity contribution in [1.82, 2.24) is 15.2 Å². The number of rotatable bonds is 8. The molecule has 5 heteroatoms. The minimum atomic E-state index is 0.483. The highest BCUT2D eigenvalue weighted by Gasteiger charge is 2.19. The molecule has 0 aliphatic heterocycles. The largest absolute Gasteiger partial charge is 0.336 e. The molecule has 0 saturated carbocycles. The van der Waals surface area contributed by atoms with Crippen molar-refractivity contribution < 1.29 is 0 Å². The zero-order valence-electron chi connectivity index (χ0n) is 12.5. The van der Waals surface area contributed by atoms with Gasteiger partial charge in [0.15, 0.2) is 0 Å². The molecule has 0 fully saturated rings. The number of halogens is 1. The third-order valence-electron chi connectivity index (χ3n) is 3.46. The Hall–Kier alpha value is -0.710. The van der Waals surface area contributed by atoms with E-state index in [4.69, 9.17) is 4.98 Å². The maximum Gasteiger partial charge on any atom is 0.245 e. The molecule has 1 aromatic rings. The minimum absolute atomic E-state index is 0.483. The lowest BCUT2D eigenvalue weighted by atomic mass is 10.1. The van der Waals surface area contributed by atoms with Gasteiger partial charge in [0.05, 0.1) is 11.4 Å². The summed E-state index contributed by atoms with van der Waals surface area (Å²) in [5.41, 5.74) is 2.10. The van der Waals surface area contributed by atoms with E-state index in [1.165, 1.54) is 0 Å². The molecule has 0 saturated heterocycles. The highest BCUT2D eigenvalue weighted by Crippen LogP contribution is 2.17. The Labute approximate surface area is 125 Å². The number of nitrogens with zero attached hydrogens (tertiary/aromatic N) is 4. The van der Waals surface area contributed by atoms with Crippen LogP contribution in [0.5, 0.6) is 0 Å². The molecule has 0 radical (unpaired) electrons. The summed E-state index contributed by atoms with van der Waals surface area (Å²) >= 11 is 3.52. The minimum Gasteiger partial charge on any atom is -0.336 e. The molecule has 1 rings (SSSR count). The van der Waals surface area contributed by atoms with E-state index in [1.54, 1.807) is 0 Å². The standard InChI is InChI=1S/C14H25BrN4/c1-5-11(6-2)19(10-9-15)14-16-12(7-3)13(8-4)17-18-14/h11H,5-10H2,1-4H3. The van der Waals surface area contributed by atoms with Gasteiger partial charge < -0.3 is 4.90 Å². The summed E-state index contributed by atoms with van der Waals surface area (Å²) in [4.78, 5) is 7.01. The summed E-state index contributed by atoms with van der Waals surface area (Å²) < 4.78 is 0. The van der Waals surface area contributed by atoms with Gasteiger partial charge in [0.2, 0.25) is 5.95 Å². The van der Waals surface area contributed by atoms with Crippen molar-refractivity contribution in [2.24, 2.45) is 0 Å². The first-order chi connectivity index (χ1) is 9.21. The molecular weight excluding hydrogens is 304 g/mol. The van der Waals surface area contributed by atoms with Gasteiger partial charge in [0.1, 0.15) is 0 Å². The topological polar surface area (TPSA) is 41.9 Å². The van der Waals surface area contributed by atoms with Crippen LogP contribution in [0, 0.1) is 0 Å². The van der Waals surface area contributed by atoms with Crippen molar-refractivity contribution in [3.63, 3.8) is 0 Å². The molecule has 19 heavy (non-hydrogen) atoms. The van der Waals surface area contributed by atoms with E-state index in [0.717, 1.165) is 54.9 Å². The second kappa shape index (κ2) is 8.46. The molecule has 0 aliphatic carbocycles. The van der Waals surface area contributed by atoms with Crippen molar-refractivity contribution in [2.45, 2.75) is 59.4 Å². The van der Waals surface area contributed by atoms with Gasteiger partial charge in [-0.1, -0.05) is 43.6 Å². The van der Waals surface area contributed by atoms with E-state index in [1.807, 2.05) is 0 Å². The van der Waals surface area contributed by atoms with Crippen LogP contribution < -0.4 is 4.90 Å². The SMILES string of the molecule is CCc1nnc(N(CCBr)C(CC)CC)nc1CC. The monoisotopic (exact) mass is 328 g/mol. The Kier molecular flexibility index (Phi) is 7.28. The van der Waals surface area contributed by atoms with Crippen LogP contribution in [0.15, 0.2) is 0 Å². The average Bonchev–Trinajstić information content (AvgIpc) is 2.46. The van der Waals surface area contributed by atoms with Crippen LogP contribution in [0.25, 0.3) is 0 Å². The van der Waals surface area contributed by atoms with Gasteiger partial charge in [-0.15, -0.1) is 5.10 Å². The van der Waals surface area contributed by atoms with E-state index in [2.05, 4.69) is 58.7 Å². The molecule has 0 spiro atoms. The normalized spacial score (nSPS) is 11.1. The first-order valence-electron chi connectivity index (χ1n) is 7.26. The average molecular weight is 329 g/mol. The number of alkyl halides is 1. The molecule has 0 aliphatic rings. The molecule has 108 valence electrons. The number of anilines is 1. The molecule has 1 aromatic heterocycles. The molecule has 0 unspecified atom stereocenters. The van der Waals surface area contributed by atoms with Crippen LogP contribution in [0.2, 0.25) is 0 Å². The predicted octanol–water partition coefficient (Wildman–Crippen LogP) is 3.39. The fraction of sp³-hybridized carbons (Fsp3) is 0.786. The highest BCUT2D eigenvalue weighted by molar-refractivity contribution is 9.09. The molecule has 4 nitrogen and oxygen atoms in total. The molecule has 0 amide bonds. The van der Waals surface area contributed by atoms with Crippen LogP contribution in [-0.2, 0) is 12.8 Å². The fourth-order valence-electron chi connectivity index (χ4n) is 2.32. The summed E-state index contributed by atoms with van der Waals surface area (Å²) in [7, 11) is 0. The highest BCUT2D eigenvalue weighted by atomic mass is 79.9. The summed E-state index contributed by atoms with van der Waals surface area (Å²) in [6.07, 6.45) is 4.01. The Morgan fingerprint density at radius 3 is 2.11 bits per heavy atom. The van der Waals surface area contributed by atoms with Crippen LogP contribution >= 0.6 is 15.9 Å². The van der Waals surface area contributed by atoms with E-state index in [0.29, 0.717) is 6.04 Å². The van der Waals surface area contributed by atoms with Gasteiger partial charge in [-0.25, -0.2) is 4.98 Å². The van der Waals surface area contributed by atoms with E-state index in [-0.39, 0.29) is 0 Å². The van der Waals surface area contributed by atoms with Crippen molar-refractivity contribution >= 4 is 21.9 Å². The van der Waals surface area contributed by atoms with E-state index in [9.17, 15) is 0 Å². The van der Waals surface area contributed by atoms with Crippen molar-refractivity contribution in [3.8, 4) is 0 Å². The van der Waals surface area contributed by atoms with Crippen LogP contribution in [0.3, 0.4) is 0 Å². The smallest absolute Gasteiger partial charge is 0.245 e. The first-order valence-corrected chi connectivity index (χ1v) is 8.38. The number of hydrogen-bond donors (Lipinski definition) is 0. The third-order valence-corrected chi connectivity index (χ3v) is 3.82. The van der Waals surface area contributed by atoms with Crippen LogP contribution in [-0.4, -0.2) is 33.1 Å². The zero-order chi connectivity index (χ0) is 14.3. The Morgan fingerprint density at radius 1 is 1.00 bits per heavy atom. The second-order valence-electron chi connectivity index (χ2n) is 4.56. The van der Waals surface area contributed by atoms with Gasteiger partial charge >= 0.3 is 0 Å². The quantitative estimate of drug-likeness (QED) is 0.686. The summed E-state index contributed by atoms with van der Waals surface area (Å²) in [5, 5.41) is 9.61. The van der Waals surface area contributed by atoms with E-state index < -0.39 is 0 Å². The molecule has 0 aromatic carbocycles.